The molecule has 1 fully saturated rings. The van der Waals surface area contributed by atoms with Gasteiger partial charge in [0.2, 0.25) is 5.91 Å². The fraction of sp³-hybridized carbons (Fsp3) is 0.375. The highest BCUT2D eigenvalue weighted by molar-refractivity contribution is 6.31. The Kier molecular flexibility index (Phi) is 6.95. The van der Waals surface area contributed by atoms with Crippen LogP contribution in [0.2, 0.25) is 5.02 Å². The number of fused-ring (bicyclic) bond motifs is 1. The van der Waals surface area contributed by atoms with Crippen LogP contribution in [0.15, 0.2) is 42.5 Å². The van der Waals surface area contributed by atoms with Gasteiger partial charge in [-0.25, -0.2) is 9.97 Å². The van der Waals surface area contributed by atoms with Gasteiger partial charge in [-0.05, 0) is 49.6 Å². The Bertz CT molecular complexity index is 1110. The van der Waals surface area contributed by atoms with Crippen LogP contribution in [0.25, 0.3) is 11.0 Å². The van der Waals surface area contributed by atoms with Crippen LogP contribution < -0.4 is 19.7 Å². The first-order valence-electron chi connectivity index (χ1n) is 10.9. The molecule has 168 valence electrons. The molecule has 1 aliphatic heterocycles. The van der Waals surface area contributed by atoms with Crippen molar-refractivity contribution in [3.63, 3.8) is 0 Å². The average molecular weight is 455 g/mol. The second-order valence-electron chi connectivity index (χ2n) is 7.81. The van der Waals surface area contributed by atoms with Crippen molar-refractivity contribution in [3.8, 4) is 11.6 Å². The summed E-state index contributed by atoms with van der Waals surface area (Å²) in [6.45, 7) is 3.94. The lowest BCUT2D eigenvalue weighted by molar-refractivity contribution is -0.120. The highest BCUT2D eigenvalue weighted by Gasteiger charge is 2.29. The highest BCUT2D eigenvalue weighted by Crippen LogP contribution is 2.32. The van der Waals surface area contributed by atoms with Crippen molar-refractivity contribution >= 4 is 40.0 Å². The van der Waals surface area contributed by atoms with E-state index in [0.29, 0.717) is 41.3 Å². The number of anilines is 2. The summed E-state index contributed by atoms with van der Waals surface area (Å²) in [6, 6.07) is 12.9. The molecule has 0 saturated carbocycles. The number of hydrogen-bond acceptors (Lipinski definition) is 6. The topological polar surface area (TPSA) is 76.6 Å². The maximum atomic E-state index is 13.1. The van der Waals surface area contributed by atoms with Gasteiger partial charge >= 0.3 is 0 Å². The molecule has 0 spiro atoms. The third-order valence-electron chi connectivity index (χ3n) is 5.48. The smallest absolute Gasteiger partial charge is 0.258 e. The predicted molar refractivity (Wildman–Crippen MR) is 127 cm³/mol. The number of piperidine rings is 1. The van der Waals surface area contributed by atoms with E-state index in [1.807, 2.05) is 24.3 Å². The molecule has 0 radical (unpaired) electrons. The summed E-state index contributed by atoms with van der Waals surface area (Å²) in [5.41, 5.74) is 2.17. The Labute approximate surface area is 192 Å². The monoisotopic (exact) mass is 454 g/mol. The van der Waals surface area contributed by atoms with E-state index in [4.69, 9.17) is 31.0 Å². The van der Waals surface area contributed by atoms with Gasteiger partial charge in [-0.15, -0.1) is 0 Å². The lowest BCUT2D eigenvalue weighted by atomic mass is 9.97. The fourth-order valence-electron chi connectivity index (χ4n) is 3.87. The molecule has 1 atom stereocenters. The summed E-state index contributed by atoms with van der Waals surface area (Å²) in [7, 11) is 1.57. The number of nitrogens with zero attached hydrogens (tertiary/aromatic N) is 3. The molecule has 2 heterocycles. The number of carbonyl (C=O) groups excluding carboxylic acids is 1. The van der Waals surface area contributed by atoms with Gasteiger partial charge in [-0.2, -0.15) is 0 Å². The number of benzene rings is 2. The van der Waals surface area contributed by atoms with Crippen LogP contribution in [0.5, 0.6) is 11.6 Å². The van der Waals surface area contributed by atoms with Gasteiger partial charge in [0.05, 0.1) is 36.4 Å². The van der Waals surface area contributed by atoms with Crippen LogP contribution in [0, 0.1) is 5.92 Å². The van der Waals surface area contributed by atoms with Crippen LogP contribution in [0.3, 0.4) is 0 Å². The molecule has 2 aromatic carbocycles. The number of hydrogen-bond donors (Lipinski definition) is 1. The number of methoxy groups -OCH3 is 1. The number of aromatic nitrogens is 2. The third-order valence-corrected chi connectivity index (χ3v) is 5.71. The van der Waals surface area contributed by atoms with Crippen molar-refractivity contribution in [1.29, 1.82) is 0 Å². The number of nitrogens with one attached hydrogen (secondary N) is 1. The quantitative estimate of drug-likeness (QED) is 0.545. The van der Waals surface area contributed by atoms with E-state index in [1.165, 1.54) is 0 Å². The molecule has 7 nitrogen and oxygen atoms in total. The van der Waals surface area contributed by atoms with Gasteiger partial charge in [0.25, 0.3) is 5.88 Å². The Hall–Kier alpha value is -3.06. The number of ether oxygens (including phenoxy) is 2. The molecule has 1 N–H and O–H groups in total. The van der Waals surface area contributed by atoms with Crippen molar-refractivity contribution in [1.82, 2.24) is 9.97 Å². The fourth-order valence-corrected chi connectivity index (χ4v) is 4.04. The lowest BCUT2D eigenvalue weighted by Gasteiger charge is -2.33. The molecule has 1 aliphatic rings. The van der Waals surface area contributed by atoms with Crippen LogP contribution >= 0.6 is 11.6 Å². The van der Waals surface area contributed by atoms with E-state index in [-0.39, 0.29) is 11.8 Å². The zero-order chi connectivity index (χ0) is 22.5. The molecule has 3 aromatic rings. The molecule has 8 heteroatoms. The van der Waals surface area contributed by atoms with Gasteiger partial charge in [0.15, 0.2) is 5.82 Å². The summed E-state index contributed by atoms with van der Waals surface area (Å²) in [5.74, 6) is 1.50. The summed E-state index contributed by atoms with van der Waals surface area (Å²) < 4.78 is 11.3. The van der Waals surface area contributed by atoms with Crippen molar-refractivity contribution in [2.24, 2.45) is 5.92 Å². The van der Waals surface area contributed by atoms with Gasteiger partial charge in [0.1, 0.15) is 5.75 Å². The largest absolute Gasteiger partial charge is 0.495 e. The standard InChI is InChI=1S/C24H27ClN4O3/c1-3-13-32-24-22(26-18-8-4-5-9-19(18)28-24)29-12-6-7-16(15-29)23(30)27-20-14-17(25)10-11-21(20)31-2/h4-5,8-11,14,16H,3,6-7,12-13,15H2,1-2H3,(H,27,30). The highest BCUT2D eigenvalue weighted by atomic mass is 35.5. The van der Waals surface area contributed by atoms with E-state index in [0.717, 1.165) is 36.8 Å². The SMILES string of the molecule is CCCOc1nc2ccccc2nc1N1CCCC(C(=O)Nc2cc(Cl)ccc2OC)C1. The molecule has 4 rings (SSSR count). The summed E-state index contributed by atoms with van der Waals surface area (Å²) in [5, 5.41) is 3.52. The van der Waals surface area contributed by atoms with Crippen LogP contribution in [0.1, 0.15) is 26.2 Å². The maximum absolute atomic E-state index is 13.1. The normalized spacial score (nSPS) is 16.1. The van der Waals surface area contributed by atoms with Crippen molar-refractivity contribution in [2.45, 2.75) is 26.2 Å². The Balaban J connectivity index is 1.56. The Morgan fingerprint density at radius 1 is 1.22 bits per heavy atom. The zero-order valence-electron chi connectivity index (χ0n) is 18.3. The molecular formula is C24H27ClN4O3. The lowest BCUT2D eigenvalue weighted by Crippen LogP contribution is -2.41. The first kappa shape index (κ1) is 22.1. The average Bonchev–Trinajstić information content (AvgIpc) is 2.82. The van der Waals surface area contributed by atoms with Crippen molar-refractivity contribution < 1.29 is 14.3 Å². The van der Waals surface area contributed by atoms with Gasteiger partial charge in [-0.3, -0.25) is 4.79 Å². The van der Waals surface area contributed by atoms with Gasteiger partial charge in [-0.1, -0.05) is 30.7 Å². The molecule has 32 heavy (non-hydrogen) atoms. The number of rotatable bonds is 7. The second-order valence-corrected chi connectivity index (χ2v) is 8.25. The number of carbonyl (C=O) groups is 1. The van der Waals surface area contributed by atoms with Crippen LogP contribution in [-0.2, 0) is 4.79 Å². The third kappa shape index (κ3) is 4.88. The molecule has 1 unspecified atom stereocenters. The van der Waals surface area contributed by atoms with Gasteiger partial charge in [0, 0.05) is 18.1 Å². The summed E-state index contributed by atoms with van der Waals surface area (Å²) in [6.07, 6.45) is 2.53. The van der Waals surface area contributed by atoms with E-state index >= 15 is 0 Å². The Morgan fingerprint density at radius 2 is 2.00 bits per heavy atom. The van der Waals surface area contributed by atoms with E-state index in [9.17, 15) is 4.79 Å². The van der Waals surface area contributed by atoms with Gasteiger partial charge < -0.3 is 19.7 Å². The van der Waals surface area contributed by atoms with Crippen LogP contribution in [0.4, 0.5) is 11.5 Å². The minimum atomic E-state index is -0.209. The maximum Gasteiger partial charge on any atom is 0.258 e. The minimum absolute atomic E-state index is 0.0694. The molecular weight excluding hydrogens is 428 g/mol. The summed E-state index contributed by atoms with van der Waals surface area (Å²) in [4.78, 5) is 24.7. The van der Waals surface area contributed by atoms with Crippen LogP contribution in [-0.4, -0.2) is 42.7 Å². The molecule has 0 bridgehead atoms. The first-order chi connectivity index (χ1) is 15.6. The molecule has 1 amide bonds. The Morgan fingerprint density at radius 3 is 2.75 bits per heavy atom. The molecule has 1 aromatic heterocycles. The number of halogens is 1. The van der Waals surface area contributed by atoms with Crippen molar-refractivity contribution in [3.05, 3.63) is 47.5 Å². The van der Waals surface area contributed by atoms with Crippen molar-refractivity contribution in [2.75, 3.05) is 37.0 Å². The van der Waals surface area contributed by atoms with E-state index in [1.54, 1.807) is 25.3 Å². The first-order valence-corrected chi connectivity index (χ1v) is 11.3. The predicted octanol–water partition coefficient (Wildman–Crippen LogP) is 4.94. The summed E-state index contributed by atoms with van der Waals surface area (Å²) >= 11 is 6.11. The molecule has 1 saturated heterocycles. The number of para-hydroxylation sites is 2. The number of amides is 1. The molecule has 0 aliphatic carbocycles. The van der Waals surface area contributed by atoms with E-state index in [2.05, 4.69) is 17.1 Å². The minimum Gasteiger partial charge on any atom is -0.495 e. The van der Waals surface area contributed by atoms with E-state index < -0.39 is 0 Å². The zero-order valence-corrected chi connectivity index (χ0v) is 19.1. The second kappa shape index (κ2) is 10.0.